The largest absolute Gasteiger partial charge is 0.366 e. The van der Waals surface area contributed by atoms with Gasteiger partial charge in [0, 0.05) is 51.4 Å². The van der Waals surface area contributed by atoms with Crippen LogP contribution >= 0.6 is 0 Å². The molecule has 0 N–H and O–H groups in total. The maximum absolute atomic E-state index is 15.2. The minimum absolute atomic E-state index is 0.0383. The number of hydrogen-bond donors (Lipinski definition) is 0. The highest BCUT2D eigenvalue weighted by molar-refractivity contribution is 7.91. The zero-order valence-corrected chi connectivity index (χ0v) is 25.6. The lowest BCUT2D eigenvalue weighted by molar-refractivity contribution is 0.0746. The number of hydrogen-bond acceptors (Lipinski definition) is 5. The van der Waals surface area contributed by atoms with Gasteiger partial charge < -0.3 is 9.80 Å². The van der Waals surface area contributed by atoms with Gasteiger partial charge in [-0.3, -0.25) is 9.69 Å². The predicted octanol–water partition coefficient (Wildman–Crippen LogP) is 5.00. The molecular formula is C34H42FN3O3S. The Balaban J connectivity index is 1.09. The van der Waals surface area contributed by atoms with Gasteiger partial charge in [-0.05, 0) is 71.7 Å². The molecule has 8 heteroatoms. The topological polar surface area (TPSA) is 60.9 Å². The van der Waals surface area contributed by atoms with Crippen molar-refractivity contribution in [1.29, 1.82) is 0 Å². The van der Waals surface area contributed by atoms with Gasteiger partial charge in [0.15, 0.2) is 9.84 Å². The van der Waals surface area contributed by atoms with Gasteiger partial charge in [-0.1, -0.05) is 56.3 Å². The van der Waals surface area contributed by atoms with Gasteiger partial charge in [-0.15, -0.1) is 0 Å². The third-order valence-electron chi connectivity index (χ3n) is 8.56. The van der Waals surface area contributed by atoms with Crippen molar-refractivity contribution in [2.75, 3.05) is 55.7 Å². The molecule has 3 aromatic carbocycles. The second-order valence-electron chi connectivity index (χ2n) is 11.9. The normalized spacial score (nSPS) is 18.2. The first-order valence-electron chi connectivity index (χ1n) is 15.1. The average molecular weight is 592 g/mol. The third kappa shape index (κ3) is 7.78. The Morgan fingerprint density at radius 3 is 1.98 bits per heavy atom. The fourth-order valence-corrected chi connectivity index (χ4v) is 7.25. The van der Waals surface area contributed by atoms with Crippen LogP contribution in [0.5, 0.6) is 0 Å². The average Bonchev–Trinajstić information content (AvgIpc) is 2.99. The van der Waals surface area contributed by atoms with Gasteiger partial charge in [0.25, 0.3) is 5.91 Å². The molecule has 0 aromatic heterocycles. The first kappa shape index (κ1) is 30.2. The molecule has 1 atom stereocenters. The van der Waals surface area contributed by atoms with Crippen molar-refractivity contribution >= 4 is 21.4 Å². The Kier molecular flexibility index (Phi) is 9.63. The van der Waals surface area contributed by atoms with Crippen LogP contribution in [0.4, 0.5) is 10.1 Å². The molecule has 1 amide bonds. The molecule has 42 heavy (non-hydrogen) atoms. The number of amides is 1. The summed E-state index contributed by atoms with van der Waals surface area (Å²) < 4.78 is 38.5. The van der Waals surface area contributed by atoms with Crippen LogP contribution in [0.2, 0.25) is 0 Å². The van der Waals surface area contributed by atoms with Crippen LogP contribution in [-0.4, -0.2) is 74.9 Å². The molecule has 2 saturated heterocycles. The molecule has 224 valence electrons. The lowest BCUT2D eigenvalue weighted by Gasteiger charge is -2.36. The van der Waals surface area contributed by atoms with Gasteiger partial charge in [-0.25, -0.2) is 12.8 Å². The molecule has 6 nitrogen and oxygen atoms in total. The molecule has 2 heterocycles. The number of aryl methyl sites for hydroxylation is 1. The molecule has 2 fully saturated rings. The summed E-state index contributed by atoms with van der Waals surface area (Å²) >= 11 is 0. The number of carbonyl (C=O) groups is 1. The SMILES string of the molecule is CCc1ccc(C(=O)N2CCN(c3ccc(C[C@H](C)Cc4ccc(CN5CCS(=O)(=O)CC5)cc4)cc3F)CC2)cc1. The first-order valence-corrected chi connectivity index (χ1v) is 16.9. The van der Waals surface area contributed by atoms with Crippen LogP contribution in [-0.2, 0) is 35.6 Å². The summed E-state index contributed by atoms with van der Waals surface area (Å²) in [6.07, 6.45) is 2.64. The highest BCUT2D eigenvalue weighted by atomic mass is 32.2. The number of nitrogens with zero attached hydrogens (tertiary/aromatic N) is 3. The van der Waals surface area contributed by atoms with Gasteiger partial charge in [0.05, 0.1) is 17.2 Å². The number of halogens is 1. The minimum Gasteiger partial charge on any atom is -0.366 e. The Labute approximate surface area is 250 Å². The molecule has 5 rings (SSSR count). The van der Waals surface area contributed by atoms with E-state index in [0.29, 0.717) is 56.4 Å². The molecule has 2 aliphatic heterocycles. The van der Waals surface area contributed by atoms with Gasteiger partial charge in [0.2, 0.25) is 0 Å². The Bertz CT molecular complexity index is 1450. The van der Waals surface area contributed by atoms with E-state index in [2.05, 4.69) is 43.0 Å². The van der Waals surface area contributed by atoms with Gasteiger partial charge in [0.1, 0.15) is 5.82 Å². The van der Waals surface area contributed by atoms with Gasteiger partial charge >= 0.3 is 0 Å². The molecule has 0 bridgehead atoms. The highest BCUT2D eigenvalue weighted by Gasteiger charge is 2.24. The van der Waals surface area contributed by atoms with Crippen molar-refractivity contribution < 1.29 is 17.6 Å². The first-order chi connectivity index (χ1) is 20.2. The van der Waals surface area contributed by atoms with Crippen LogP contribution in [0.25, 0.3) is 0 Å². The molecule has 0 spiro atoms. The number of sulfone groups is 1. The van der Waals surface area contributed by atoms with Crippen LogP contribution in [0.1, 0.15) is 46.5 Å². The lowest BCUT2D eigenvalue weighted by atomic mass is 9.93. The highest BCUT2D eigenvalue weighted by Crippen LogP contribution is 2.25. The number of rotatable bonds is 9. The fourth-order valence-electron chi connectivity index (χ4n) is 5.97. The lowest BCUT2D eigenvalue weighted by Crippen LogP contribution is -2.49. The second-order valence-corrected chi connectivity index (χ2v) is 14.2. The van der Waals surface area contributed by atoms with E-state index in [1.165, 1.54) is 16.7 Å². The van der Waals surface area contributed by atoms with E-state index in [-0.39, 0.29) is 23.2 Å². The fraction of sp³-hybridized carbons (Fsp3) is 0.441. The quantitative estimate of drug-likeness (QED) is 0.351. The second kappa shape index (κ2) is 13.4. The minimum atomic E-state index is -2.86. The third-order valence-corrected chi connectivity index (χ3v) is 10.2. The van der Waals surface area contributed by atoms with Crippen LogP contribution in [0, 0.1) is 11.7 Å². The van der Waals surface area contributed by atoms with Crippen LogP contribution in [0.15, 0.2) is 66.7 Å². The summed E-state index contributed by atoms with van der Waals surface area (Å²) in [5, 5.41) is 0. The Morgan fingerprint density at radius 1 is 0.786 bits per heavy atom. The summed E-state index contributed by atoms with van der Waals surface area (Å²) in [7, 11) is -2.86. The Hall–Kier alpha value is -3.23. The predicted molar refractivity (Wildman–Crippen MR) is 167 cm³/mol. The summed E-state index contributed by atoms with van der Waals surface area (Å²) in [4.78, 5) is 19.0. The summed E-state index contributed by atoms with van der Waals surface area (Å²) in [6.45, 7) is 8.63. The monoisotopic (exact) mass is 591 g/mol. The molecule has 0 radical (unpaired) electrons. The number of carbonyl (C=O) groups excluding carboxylic acids is 1. The van der Waals surface area contributed by atoms with Crippen LogP contribution in [0.3, 0.4) is 0 Å². The summed E-state index contributed by atoms with van der Waals surface area (Å²) in [6, 6.07) is 22.0. The number of benzene rings is 3. The molecule has 0 unspecified atom stereocenters. The Morgan fingerprint density at radius 2 is 1.36 bits per heavy atom. The smallest absolute Gasteiger partial charge is 0.253 e. The van der Waals surface area contributed by atoms with E-state index < -0.39 is 9.84 Å². The number of anilines is 1. The molecule has 0 saturated carbocycles. The van der Waals surface area contributed by atoms with Gasteiger partial charge in [-0.2, -0.15) is 0 Å². The van der Waals surface area contributed by atoms with Crippen molar-refractivity contribution in [3.05, 3.63) is 100 Å². The maximum atomic E-state index is 15.2. The summed E-state index contributed by atoms with van der Waals surface area (Å²) in [5.41, 5.74) is 5.96. The van der Waals surface area contributed by atoms with E-state index in [4.69, 9.17) is 0 Å². The zero-order chi connectivity index (χ0) is 29.7. The molecule has 3 aromatic rings. The van der Waals surface area contributed by atoms with Crippen molar-refractivity contribution in [3.63, 3.8) is 0 Å². The standard InChI is InChI=1S/C34H42FN3O3S/c1-3-27-8-11-31(12-9-27)34(39)38-16-14-37(15-17-38)33-13-10-30(24-32(33)35)23-26(2)22-28-4-6-29(7-5-28)25-36-18-20-42(40,41)21-19-36/h4-13,24,26H,3,14-23,25H2,1-2H3/t26-/m1/s1. The molecular weight excluding hydrogens is 549 g/mol. The van der Waals surface area contributed by atoms with Crippen molar-refractivity contribution in [3.8, 4) is 0 Å². The van der Waals surface area contributed by atoms with Crippen molar-refractivity contribution in [2.45, 2.75) is 39.7 Å². The van der Waals surface area contributed by atoms with Crippen LogP contribution < -0.4 is 4.90 Å². The van der Waals surface area contributed by atoms with Crippen molar-refractivity contribution in [1.82, 2.24) is 9.80 Å². The van der Waals surface area contributed by atoms with E-state index in [9.17, 15) is 13.2 Å². The summed E-state index contributed by atoms with van der Waals surface area (Å²) in [5.74, 6) is 0.683. The molecule has 2 aliphatic rings. The molecule has 0 aliphatic carbocycles. The van der Waals surface area contributed by atoms with E-state index in [0.717, 1.165) is 31.4 Å². The number of piperazine rings is 1. The van der Waals surface area contributed by atoms with E-state index in [1.807, 2.05) is 46.2 Å². The maximum Gasteiger partial charge on any atom is 0.253 e. The van der Waals surface area contributed by atoms with E-state index in [1.54, 1.807) is 6.07 Å². The zero-order valence-electron chi connectivity index (χ0n) is 24.8. The van der Waals surface area contributed by atoms with E-state index >= 15 is 4.39 Å². The van der Waals surface area contributed by atoms with Crippen molar-refractivity contribution in [2.24, 2.45) is 5.92 Å².